The van der Waals surface area contributed by atoms with Gasteiger partial charge in [0.25, 0.3) is 7.82 Å². The van der Waals surface area contributed by atoms with E-state index in [1.54, 1.807) is 0 Å². The number of ether oxygens (including phenoxy) is 1. The Morgan fingerprint density at radius 3 is 1.40 bits per heavy atom. The van der Waals surface area contributed by atoms with E-state index in [0.29, 0.717) is 23.9 Å². The average Bonchev–Trinajstić information content (AvgIpc) is 3.29. The molecule has 0 aliphatic rings. The van der Waals surface area contributed by atoms with Gasteiger partial charge in [-0.1, -0.05) is 243 Å². The number of esters is 1. The second-order valence-electron chi connectivity index (χ2n) is 20.5. The standard InChI is InChI=1S/C58H109N2O7P/c1-7-10-13-16-19-22-25-28-29-30-31-33-35-38-41-44-47-50-57(61)59-55(54-66-68(63,64)65-53-52-60(4,5)6)56(49-46-43-40-37-34-27-24-21-18-15-12-9-3)67-58(62)51-48-45-42-39-36-32-26-23-20-17-14-11-8-2/h11,14,17,20,23,26,46,49,55-56H,7-10,12-13,15-16,18-19,21-22,24-25,27-45,47-48,50-54H2,1-6H3,(H-,59,61,63,64)/b14-11+,20-17+,26-23-,49-46+. The highest BCUT2D eigenvalue weighted by Gasteiger charge is 2.27. The number of allylic oxidation sites excluding steroid dienone is 7. The van der Waals surface area contributed by atoms with Crippen molar-refractivity contribution in [1.82, 2.24) is 5.32 Å². The van der Waals surface area contributed by atoms with Crippen molar-refractivity contribution in [2.24, 2.45) is 0 Å². The van der Waals surface area contributed by atoms with Gasteiger partial charge in [0.05, 0.1) is 33.8 Å². The van der Waals surface area contributed by atoms with Gasteiger partial charge >= 0.3 is 5.97 Å². The van der Waals surface area contributed by atoms with E-state index in [-0.39, 0.29) is 24.9 Å². The molecule has 9 nitrogen and oxygen atoms in total. The summed E-state index contributed by atoms with van der Waals surface area (Å²) in [5.41, 5.74) is 0. The van der Waals surface area contributed by atoms with E-state index < -0.39 is 26.6 Å². The van der Waals surface area contributed by atoms with Crippen LogP contribution in [-0.4, -0.2) is 69.4 Å². The molecule has 3 unspecified atom stereocenters. The molecule has 0 aromatic rings. The van der Waals surface area contributed by atoms with Crippen LogP contribution in [0.25, 0.3) is 0 Å². The van der Waals surface area contributed by atoms with Gasteiger partial charge in [-0.15, -0.1) is 0 Å². The molecule has 10 heteroatoms. The van der Waals surface area contributed by atoms with E-state index in [4.69, 9.17) is 13.8 Å². The fourth-order valence-corrected chi connectivity index (χ4v) is 8.89. The maximum absolute atomic E-state index is 13.5. The van der Waals surface area contributed by atoms with Gasteiger partial charge in [-0.25, -0.2) is 0 Å². The van der Waals surface area contributed by atoms with E-state index in [9.17, 15) is 19.0 Å². The lowest BCUT2D eigenvalue weighted by Crippen LogP contribution is -2.47. The molecule has 0 aliphatic carbocycles. The van der Waals surface area contributed by atoms with Crippen LogP contribution in [0.5, 0.6) is 0 Å². The van der Waals surface area contributed by atoms with Gasteiger partial charge in [-0.2, -0.15) is 0 Å². The van der Waals surface area contributed by atoms with Crippen molar-refractivity contribution >= 4 is 19.7 Å². The lowest BCUT2D eigenvalue weighted by molar-refractivity contribution is -0.870. The summed E-state index contributed by atoms with van der Waals surface area (Å²) in [7, 11) is 1.18. The Kier molecular flexibility index (Phi) is 47.1. The zero-order chi connectivity index (χ0) is 50.1. The molecular formula is C58H109N2O7P. The lowest BCUT2D eigenvalue weighted by atomic mass is 10.0. The van der Waals surface area contributed by atoms with Gasteiger partial charge in [0.15, 0.2) is 0 Å². The van der Waals surface area contributed by atoms with E-state index >= 15 is 0 Å². The topological polar surface area (TPSA) is 114 Å². The number of unbranched alkanes of at least 4 members (excludes halogenated alkanes) is 31. The number of phosphoric acid groups is 1. The number of hydrogen-bond acceptors (Lipinski definition) is 7. The zero-order valence-corrected chi connectivity index (χ0v) is 46.2. The Morgan fingerprint density at radius 2 is 0.941 bits per heavy atom. The number of carbonyl (C=O) groups is 2. The molecule has 0 aromatic carbocycles. The Labute approximate surface area is 420 Å². The highest BCUT2D eigenvalue weighted by molar-refractivity contribution is 7.45. The predicted molar refractivity (Wildman–Crippen MR) is 289 cm³/mol. The van der Waals surface area contributed by atoms with E-state index in [0.717, 1.165) is 77.0 Å². The Bertz CT molecular complexity index is 1310. The first-order valence-corrected chi connectivity index (χ1v) is 29.9. The van der Waals surface area contributed by atoms with Gasteiger partial charge in [0.2, 0.25) is 5.91 Å². The number of phosphoric ester groups is 1. The fourth-order valence-electron chi connectivity index (χ4n) is 8.17. The number of hydrogen-bond donors (Lipinski definition) is 1. The van der Waals surface area contributed by atoms with Crippen LogP contribution in [0.2, 0.25) is 0 Å². The first kappa shape index (κ1) is 66.0. The van der Waals surface area contributed by atoms with Crippen molar-refractivity contribution in [3.05, 3.63) is 48.6 Å². The molecule has 0 fully saturated rings. The number of nitrogens with one attached hydrogen (secondary N) is 1. The second-order valence-corrected chi connectivity index (χ2v) is 21.9. The van der Waals surface area contributed by atoms with Crippen LogP contribution in [0.4, 0.5) is 0 Å². The van der Waals surface area contributed by atoms with Crippen LogP contribution in [0.3, 0.4) is 0 Å². The normalized spacial score (nSPS) is 14.2. The molecule has 0 bridgehead atoms. The lowest BCUT2D eigenvalue weighted by Gasteiger charge is -2.30. The minimum Gasteiger partial charge on any atom is -0.756 e. The number of carbonyl (C=O) groups excluding carboxylic acids is 2. The quantitative estimate of drug-likeness (QED) is 0.0161. The molecular weight excluding hydrogens is 868 g/mol. The molecule has 0 aliphatic heterocycles. The Balaban J connectivity index is 5.34. The SMILES string of the molecule is CC/C=C/C=C/C=C\CCCCCCCC(=O)OC(/C=C/CCCCCCCCCCCC)C(COP(=O)([O-])OCC[N+](C)(C)C)NC(=O)CCCCCCCCCCCCCCCCCCC. The zero-order valence-electron chi connectivity index (χ0n) is 45.3. The molecule has 1 N–H and O–H groups in total. The third-order valence-electron chi connectivity index (χ3n) is 12.6. The first-order chi connectivity index (χ1) is 32.9. The number of nitrogens with zero attached hydrogens (tertiary/aromatic N) is 1. The van der Waals surface area contributed by atoms with Gasteiger partial charge in [0, 0.05) is 12.8 Å². The highest BCUT2D eigenvalue weighted by atomic mass is 31.2. The largest absolute Gasteiger partial charge is 0.756 e. The number of amides is 1. The molecule has 0 saturated heterocycles. The molecule has 1 amide bonds. The van der Waals surface area contributed by atoms with Gasteiger partial charge in [-0.3, -0.25) is 14.2 Å². The van der Waals surface area contributed by atoms with Crippen molar-refractivity contribution in [2.45, 2.75) is 270 Å². The van der Waals surface area contributed by atoms with E-state index in [1.165, 1.54) is 141 Å². The van der Waals surface area contributed by atoms with Crippen LogP contribution in [0.1, 0.15) is 258 Å². The second kappa shape index (κ2) is 48.6. The van der Waals surface area contributed by atoms with Crippen molar-refractivity contribution in [3.8, 4) is 0 Å². The summed E-state index contributed by atoms with van der Waals surface area (Å²) in [4.78, 5) is 39.8. The van der Waals surface area contributed by atoms with Gasteiger partial charge in [-0.05, 0) is 51.0 Å². The smallest absolute Gasteiger partial charge is 0.306 e. The summed E-state index contributed by atoms with van der Waals surface area (Å²) in [5, 5.41) is 3.02. The number of likely N-dealkylation sites (N-methyl/N-ethyl adjacent to an activating group) is 1. The summed E-state index contributed by atoms with van der Waals surface area (Å²) in [6.45, 7) is 6.70. The molecule has 0 spiro atoms. The minimum absolute atomic E-state index is 0.0250. The maximum Gasteiger partial charge on any atom is 0.306 e. The average molecular weight is 977 g/mol. The first-order valence-electron chi connectivity index (χ1n) is 28.5. The summed E-state index contributed by atoms with van der Waals surface area (Å²) in [5.74, 6) is -0.558. The third-order valence-corrected chi connectivity index (χ3v) is 13.5. The molecule has 398 valence electrons. The molecule has 0 rings (SSSR count). The van der Waals surface area contributed by atoms with E-state index in [1.807, 2.05) is 33.3 Å². The minimum atomic E-state index is -4.69. The molecule has 0 radical (unpaired) electrons. The predicted octanol–water partition coefficient (Wildman–Crippen LogP) is 16.3. The Hall–Kier alpha value is -2.03. The summed E-state index contributed by atoms with van der Waals surface area (Å²) < 4.78 is 30.2. The third kappa shape index (κ3) is 49.0. The highest BCUT2D eigenvalue weighted by Crippen LogP contribution is 2.38. The van der Waals surface area contributed by atoms with E-state index in [2.05, 4.69) is 62.5 Å². The van der Waals surface area contributed by atoms with Crippen molar-refractivity contribution in [1.29, 1.82) is 0 Å². The van der Waals surface area contributed by atoms with Gasteiger partial charge < -0.3 is 28.5 Å². The molecule has 68 heavy (non-hydrogen) atoms. The molecule has 3 atom stereocenters. The molecule has 0 saturated carbocycles. The van der Waals surface area contributed by atoms with Crippen molar-refractivity contribution in [2.75, 3.05) is 40.9 Å². The summed E-state index contributed by atoms with van der Waals surface area (Å²) in [6.07, 6.45) is 57.9. The summed E-state index contributed by atoms with van der Waals surface area (Å²) >= 11 is 0. The van der Waals surface area contributed by atoms with Crippen LogP contribution in [0.15, 0.2) is 48.6 Å². The fraction of sp³-hybridized carbons (Fsp3) is 0.828. The maximum atomic E-state index is 13.5. The Morgan fingerprint density at radius 1 is 0.529 bits per heavy atom. The number of rotatable bonds is 51. The number of quaternary nitrogens is 1. The monoisotopic (exact) mass is 977 g/mol. The molecule has 0 heterocycles. The van der Waals surface area contributed by atoms with Crippen LogP contribution in [-0.2, 0) is 27.9 Å². The van der Waals surface area contributed by atoms with Crippen molar-refractivity contribution in [3.63, 3.8) is 0 Å². The van der Waals surface area contributed by atoms with Crippen LogP contribution < -0.4 is 10.2 Å². The molecule has 0 aromatic heterocycles. The van der Waals surface area contributed by atoms with Crippen molar-refractivity contribution < 1.29 is 37.3 Å². The van der Waals surface area contributed by atoms with Crippen LogP contribution in [0, 0.1) is 0 Å². The van der Waals surface area contributed by atoms with Crippen LogP contribution >= 0.6 is 7.82 Å². The van der Waals surface area contributed by atoms with Gasteiger partial charge in [0.1, 0.15) is 19.3 Å². The summed E-state index contributed by atoms with van der Waals surface area (Å²) in [6, 6.07) is -0.893.